The molecule has 3 aromatic carbocycles. The third kappa shape index (κ3) is 4.71. The predicted molar refractivity (Wildman–Crippen MR) is 131 cm³/mol. The molecule has 2 aromatic heterocycles. The zero-order chi connectivity index (χ0) is 23.5. The quantitative estimate of drug-likeness (QED) is 0.306. The lowest BCUT2D eigenvalue weighted by Gasteiger charge is -2.10. The Labute approximate surface area is 205 Å². The maximum atomic E-state index is 12.8. The van der Waals surface area contributed by atoms with Gasteiger partial charge in [0.2, 0.25) is 11.8 Å². The number of halogens is 2. The van der Waals surface area contributed by atoms with Crippen LogP contribution >= 0.6 is 23.2 Å². The van der Waals surface area contributed by atoms with Crippen LogP contribution < -0.4 is 5.32 Å². The summed E-state index contributed by atoms with van der Waals surface area (Å²) < 4.78 is 7.43. The van der Waals surface area contributed by atoms with Gasteiger partial charge in [-0.05, 0) is 54.1 Å². The Morgan fingerprint density at radius 2 is 1.59 bits per heavy atom. The van der Waals surface area contributed by atoms with Crippen LogP contribution in [0, 0.1) is 0 Å². The van der Waals surface area contributed by atoms with Crippen LogP contribution in [0.5, 0.6) is 0 Å². The zero-order valence-corrected chi connectivity index (χ0v) is 19.2. The van der Waals surface area contributed by atoms with E-state index in [2.05, 4.69) is 20.6 Å². The summed E-state index contributed by atoms with van der Waals surface area (Å²) in [5, 5.41) is 16.5. The molecule has 0 atom stereocenters. The number of carbonyl (C=O) groups excluding carboxylic acids is 1. The van der Waals surface area contributed by atoms with Crippen LogP contribution in [0.2, 0.25) is 10.0 Å². The number of anilines is 1. The lowest BCUT2D eigenvalue weighted by molar-refractivity contribution is 0.102. The SMILES string of the molecule is O=C(Nc1ccnn1Cc1ccc(Cl)cc1Cl)c1ccc(-c2nnc(-c3ccccc3)o2)cc1. The monoisotopic (exact) mass is 489 g/mol. The Kier molecular flexibility index (Phi) is 6.12. The molecule has 168 valence electrons. The molecule has 5 rings (SSSR count). The second-order valence-corrected chi connectivity index (χ2v) is 8.26. The van der Waals surface area contributed by atoms with Crippen LogP contribution in [0.4, 0.5) is 5.82 Å². The van der Waals surface area contributed by atoms with E-state index in [4.69, 9.17) is 27.6 Å². The van der Waals surface area contributed by atoms with Crippen molar-refractivity contribution < 1.29 is 9.21 Å². The highest BCUT2D eigenvalue weighted by atomic mass is 35.5. The van der Waals surface area contributed by atoms with Gasteiger partial charge < -0.3 is 9.73 Å². The maximum Gasteiger partial charge on any atom is 0.256 e. The van der Waals surface area contributed by atoms with E-state index in [1.165, 1.54) is 0 Å². The summed E-state index contributed by atoms with van der Waals surface area (Å²) in [5.74, 6) is 1.09. The van der Waals surface area contributed by atoms with Crippen molar-refractivity contribution in [3.05, 3.63) is 106 Å². The average molecular weight is 490 g/mol. The number of rotatable bonds is 6. The molecule has 0 saturated heterocycles. The van der Waals surface area contributed by atoms with Crippen LogP contribution in [-0.4, -0.2) is 25.9 Å². The van der Waals surface area contributed by atoms with Crippen molar-refractivity contribution in [2.75, 3.05) is 5.32 Å². The van der Waals surface area contributed by atoms with Crippen molar-refractivity contribution in [3.8, 4) is 22.9 Å². The van der Waals surface area contributed by atoms with Gasteiger partial charge in [-0.2, -0.15) is 5.10 Å². The van der Waals surface area contributed by atoms with E-state index in [0.29, 0.717) is 45.3 Å². The second kappa shape index (κ2) is 9.51. The van der Waals surface area contributed by atoms with Gasteiger partial charge in [-0.25, -0.2) is 4.68 Å². The highest BCUT2D eigenvalue weighted by molar-refractivity contribution is 6.35. The third-order valence-corrected chi connectivity index (χ3v) is 5.72. The molecule has 0 spiro atoms. The molecule has 9 heteroatoms. The lowest BCUT2D eigenvalue weighted by atomic mass is 10.1. The molecule has 0 aliphatic heterocycles. The fraction of sp³-hybridized carbons (Fsp3) is 0.0400. The third-order valence-electron chi connectivity index (χ3n) is 5.13. The summed E-state index contributed by atoms with van der Waals surface area (Å²) in [6.45, 7) is 0.387. The molecule has 2 heterocycles. The van der Waals surface area contributed by atoms with E-state index in [9.17, 15) is 4.79 Å². The van der Waals surface area contributed by atoms with Gasteiger partial charge in [0.1, 0.15) is 5.82 Å². The molecule has 0 aliphatic carbocycles. The van der Waals surface area contributed by atoms with E-state index in [0.717, 1.165) is 11.1 Å². The average Bonchev–Trinajstić information content (AvgIpc) is 3.52. The summed E-state index contributed by atoms with van der Waals surface area (Å²) in [4.78, 5) is 12.8. The Morgan fingerprint density at radius 3 is 2.29 bits per heavy atom. The first-order valence-corrected chi connectivity index (χ1v) is 11.1. The van der Waals surface area contributed by atoms with Gasteiger partial charge in [0, 0.05) is 32.8 Å². The first-order valence-electron chi connectivity index (χ1n) is 10.3. The van der Waals surface area contributed by atoms with Crippen molar-refractivity contribution in [2.45, 2.75) is 6.54 Å². The minimum Gasteiger partial charge on any atom is -0.416 e. The Hall–Kier alpha value is -3.94. The molecule has 1 N–H and O–H groups in total. The van der Waals surface area contributed by atoms with Gasteiger partial charge in [-0.3, -0.25) is 4.79 Å². The van der Waals surface area contributed by atoms with E-state index in [1.807, 2.05) is 36.4 Å². The first kappa shape index (κ1) is 21.9. The highest BCUT2D eigenvalue weighted by Gasteiger charge is 2.14. The van der Waals surface area contributed by atoms with Crippen molar-refractivity contribution in [1.82, 2.24) is 20.0 Å². The molecule has 7 nitrogen and oxygen atoms in total. The number of aromatic nitrogens is 4. The van der Waals surface area contributed by atoms with E-state index < -0.39 is 0 Å². The predicted octanol–water partition coefficient (Wildman–Crippen LogP) is 6.21. The van der Waals surface area contributed by atoms with Crippen LogP contribution in [0.25, 0.3) is 22.9 Å². The zero-order valence-electron chi connectivity index (χ0n) is 17.7. The van der Waals surface area contributed by atoms with E-state index >= 15 is 0 Å². The van der Waals surface area contributed by atoms with Gasteiger partial charge in [0.25, 0.3) is 5.91 Å². The van der Waals surface area contributed by atoms with E-state index in [1.54, 1.807) is 53.3 Å². The Bertz CT molecular complexity index is 1450. The molecule has 0 bridgehead atoms. The fourth-order valence-electron chi connectivity index (χ4n) is 3.37. The largest absolute Gasteiger partial charge is 0.416 e. The Morgan fingerprint density at radius 1 is 0.882 bits per heavy atom. The number of carbonyl (C=O) groups is 1. The molecule has 1 amide bonds. The number of nitrogens with one attached hydrogen (secondary N) is 1. The van der Waals surface area contributed by atoms with Crippen LogP contribution in [-0.2, 0) is 6.54 Å². The number of hydrogen-bond donors (Lipinski definition) is 1. The molecule has 0 aliphatic rings. The van der Waals surface area contributed by atoms with Gasteiger partial charge in [0.05, 0.1) is 12.7 Å². The standard InChI is InChI=1S/C25H17Cl2N5O2/c26-20-11-10-19(21(27)14-20)15-32-22(12-13-28-32)29-23(33)16-6-8-18(9-7-16)25-31-30-24(34-25)17-4-2-1-3-5-17/h1-14H,15H2,(H,29,33). The Balaban J connectivity index is 1.29. The summed E-state index contributed by atoms with van der Waals surface area (Å²) >= 11 is 12.2. The number of hydrogen-bond acceptors (Lipinski definition) is 5. The van der Waals surface area contributed by atoms with Crippen molar-refractivity contribution in [1.29, 1.82) is 0 Å². The van der Waals surface area contributed by atoms with E-state index in [-0.39, 0.29) is 5.91 Å². The number of benzene rings is 3. The smallest absolute Gasteiger partial charge is 0.256 e. The summed E-state index contributed by atoms with van der Waals surface area (Å²) in [5.41, 5.74) is 2.87. The topological polar surface area (TPSA) is 85.8 Å². The first-order chi connectivity index (χ1) is 16.6. The lowest BCUT2D eigenvalue weighted by Crippen LogP contribution is -2.16. The molecular weight excluding hydrogens is 473 g/mol. The van der Waals surface area contributed by atoms with Gasteiger partial charge in [0.15, 0.2) is 0 Å². The molecular formula is C25H17Cl2N5O2. The van der Waals surface area contributed by atoms with Gasteiger partial charge in [-0.1, -0.05) is 47.5 Å². The molecule has 0 fully saturated rings. The summed E-state index contributed by atoms with van der Waals surface area (Å²) in [6.07, 6.45) is 1.61. The summed E-state index contributed by atoms with van der Waals surface area (Å²) in [7, 11) is 0. The van der Waals surface area contributed by atoms with Crippen LogP contribution in [0.3, 0.4) is 0 Å². The molecule has 34 heavy (non-hydrogen) atoms. The fourth-order valence-corrected chi connectivity index (χ4v) is 3.83. The van der Waals surface area contributed by atoms with Crippen molar-refractivity contribution >= 4 is 34.9 Å². The minimum atomic E-state index is -0.272. The van der Waals surface area contributed by atoms with Crippen molar-refractivity contribution in [2.24, 2.45) is 0 Å². The highest BCUT2D eigenvalue weighted by Crippen LogP contribution is 2.25. The van der Waals surface area contributed by atoms with Crippen molar-refractivity contribution in [3.63, 3.8) is 0 Å². The summed E-state index contributed by atoms with van der Waals surface area (Å²) in [6, 6.07) is 23.5. The molecule has 0 unspecified atom stereocenters. The van der Waals surface area contributed by atoms with Gasteiger partial charge in [-0.15, -0.1) is 10.2 Å². The molecule has 0 radical (unpaired) electrons. The normalized spacial score (nSPS) is 10.9. The molecule has 5 aromatic rings. The maximum absolute atomic E-state index is 12.8. The molecule has 0 saturated carbocycles. The van der Waals surface area contributed by atoms with Crippen LogP contribution in [0.15, 0.2) is 89.5 Å². The number of nitrogens with zero attached hydrogens (tertiary/aromatic N) is 4. The van der Waals surface area contributed by atoms with Crippen LogP contribution in [0.1, 0.15) is 15.9 Å². The second-order valence-electron chi connectivity index (χ2n) is 7.42. The van der Waals surface area contributed by atoms with Gasteiger partial charge >= 0.3 is 0 Å². The minimum absolute atomic E-state index is 0.272. The number of amides is 1.